The van der Waals surface area contributed by atoms with Crippen LogP contribution >= 0.6 is 0 Å². The molecule has 3 fully saturated rings. The van der Waals surface area contributed by atoms with Crippen LogP contribution in [0.2, 0.25) is 0 Å². The number of hydrogen-bond acceptors (Lipinski definition) is 3. The third-order valence-electron chi connectivity index (χ3n) is 5.44. The third-order valence-corrected chi connectivity index (χ3v) is 5.44. The number of piperazine rings is 1. The lowest BCUT2D eigenvalue weighted by atomic mass is 10.1. The molecule has 3 aliphatic rings. The van der Waals surface area contributed by atoms with Crippen molar-refractivity contribution in [1.29, 1.82) is 0 Å². The second-order valence-corrected chi connectivity index (χ2v) is 8.65. The number of hydrogen-bond donors (Lipinski definition) is 1. The van der Waals surface area contributed by atoms with Gasteiger partial charge in [-0.25, -0.2) is 14.5 Å². The van der Waals surface area contributed by atoms with E-state index in [1.165, 1.54) is 17.0 Å². The van der Waals surface area contributed by atoms with Crippen molar-refractivity contribution in [3.8, 4) is 0 Å². The summed E-state index contributed by atoms with van der Waals surface area (Å²) < 4.78 is 39.1. The van der Waals surface area contributed by atoms with Gasteiger partial charge in [0.2, 0.25) is 0 Å². The Labute approximate surface area is 165 Å². The summed E-state index contributed by atoms with van der Waals surface area (Å²) in [7, 11) is 0. The van der Waals surface area contributed by atoms with E-state index in [9.17, 15) is 27.6 Å². The summed E-state index contributed by atoms with van der Waals surface area (Å²) in [6.45, 7) is 5.81. The van der Waals surface area contributed by atoms with Crippen LogP contribution in [0.15, 0.2) is 24.3 Å². The second-order valence-electron chi connectivity index (χ2n) is 8.65. The van der Waals surface area contributed by atoms with E-state index in [2.05, 4.69) is 5.32 Å². The Bertz CT molecular complexity index is 895. The van der Waals surface area contributed by atoms with Crippen molar-refractivity contribution in [2.24, 2.45) is 0 Å². The molecule has 2 bridgehead atoms. The van der Waals surface area contributed by atoms with Crippen LogP contribution < -0.4 is 10.2 Å². The number of nitrogens with one attached hydrogen (secondary N) is 1. The van der Waals surface area contributed by atoms with Crippen LogP contribution in [-0.4, -0.2) is 58.0 Å². The molecule has 7 nitrogen and oxygen atoms in total. The Balaban J connectivity index is 1.61. The molecule has 4 rings (SSSR count). The molecule has 29 heavy (non-hydrogen) atoms. The maximum atomic E-state index is 13.0. The molecule has 3 heterocycles. The van der Waals surface area contributed by atoms with Crippen molar-refractivity contribution in [2.45, 2.75) is 57.0 Å². The van der Waals surface area contributed by atoms with E-state index in [0.717, 1.165) is 17.0 Å². The molecule has 3 saturated heterocycles. The lowest BCUT2D eigenvalue weighted by molar-refractivity contribution is -0.137. The predicted molar refractivity (Wildman–Crippen MR) is 97.1 cm³/mol. The summed E-state index contributed by atoms with van der Waals surface area (Å²) >= 11 is 0. The highest BCUT2D eigenvalue weighted by Gasteiger charge is 2.63. The summed E-state index contributed by atoms with van der Waals surface area (Å²) in [5.41, 5.74) is -1.51. The van der Waals surface area contributed by atoms with Gasteiger partial charge in [0.1, 0.15) is 6.04 Å². The molecule has 0 saturated carbocycles. The molecule has 1 N–H and O–H groups in total. The lowest BCUT2D eigenvalue weighted by Gasteiger charge is -2.36. The molecule has 0 radical (unpaired) electrons. The predicted octanol–water partition coefficient (Wildman–Crippen LogP) is 2.81. The second kappa shape index (κ2) is 6.11. The quantitative estimate of drug-likeness (QED) is 0.724. The fraction of sp³-hybridized carbons (Fsp3) is 0.526. The fourth-order valence-corrected chi connectivity index (χ4v) is 4.34. The SMILES string of the molecule is CC(C)(C)NC(=O)N1CC2CC1[C@@H]1C(=O)N(c3cccc(C(F)(F)F)c3)C(=O)N21. The van der Waals surface area contributed by atoms with Gasteiger partial charge in [-0.3, -0.25) is 4.79 Å². The Morgan fingerprint density at radius 3 is 2.48 bits per heavy atom. The normalized spacial score (nSPS) is 26.4. The van der Waals surface area contributed by atoms with Gasteiger partial charge in [-0.1, -0.05) is 6.07 Å². The summed E-state index contributed by atoms with van der Waals surface area (Å²) in [5, 5.41) is 2.85. The first kappa shape index (κ1) is 19.5. The van der Waals surface area contributed by atoms with E-state index < -0.39 is 41.3 Å². The van der Waals surface area contributed by atoms with E-state index in [0.29, 0.717) is 13.0 Å². The molecule has 0 aliphatic carbocycles. The molecule has 1 aromatic rings. The van der Waals surface area contributed by atoms with Gasteiger partial charge in [-0.2, -0.15) is 13.2 Å². The van der Waals surface area contributed by atoms with Crippen LogP contribution in [0.25, 0.3) is 0 Å². The molecule has 0 spiro atoms. The molecular weight excluding hydrogens is 389 g/mol. The van der Waals surface area contributed by atoms with Gasteiger partial charge in [-0.15, -0.1) is 0 Å². The fourth-order valence-electron chi connectivity index (χ4n) is 4.34. The summed E-state index contributed by atoms with van der Waals surface area (Å²) in [6.07, 6.45) is -4.10. The molecule has 3 atom stereocenters. The zero-order valence-corrected chi connectivity index (χ0v) is 16.2. The largest absolute Gasteiger partial charge is 0.416 e. The first-order chi connectivity index (χ1) is 13.4. The van der Waals surface area contributed by atoms with Crippen LogP contribution in [0, 0.1) is 0 Å². The number of fused-ring (bicyclic) bond motifs is 5. The number of carbonyl (C=O) groups is 3. The molecule has 10 heteroatoms. The van der Waals surface area contributed by atoms with Gasteiger partial charge in [0.15, 0.2) is 0 Å². The average Bonchev–Trinajstić information content (AvgIpc) is 3.24. The van der Waals surface area contributed by atoms with Crippen molar-refractivity contribution < 1.29 is 27.6 Å². The first-order valence-electron chi connectivity index (χ1n) is 9.31. The number of urea groups is 2. The number of likely N-dealkylation sites (tertiary alicyclic amines) is 1. The van der Waals surface area contributed by atoms with E-state index >= 15 is 0 Å². The number of amides is 5. The highest BCUT2D eigenvalue weighted by atomic mass is 19.4. The van der Waals surface area contributed by atoms with Gasteiger partial charge < -0.3 is 15.1 Å². The first-order valence-corrected chi connectivity index (χ1v) is 9.31. The Hall–Kier alpha value is -2.78. The molecule has 2 unspecified atom stereocenters. The van der Waals surface area contributed by atoms with Gasteiger partial charge in [0.25, 0.3) is 5.91 Å². The summed E-state index contributed by atoms with van der Waals surface area (Å²) in [5.74, 6) is -0.602. The van der Waals surface area contributed by atoms with E-state index in [-0.39, 0.29) is 17.8 Å². The monoisotopic (exact) mass is 410 g/mol. The number of alkyl halides is 3. The van der Waals surface area contributed by atoms with Crippen LogP contribution in [0.3, 0.4) is 0 Å². The summed E-state index contributed by atoms with van der Waals surface area (Å²) in [6, 6.07) is 1.50. The van der Waals surface area contributed by atoms with Crippen LogP contribution in [0.4, 0.5) is 28.4 Å². The maximum absolute atomic E-state index is 13.0. The van der Waals surface area contributed by atoms with Crippen LogP contribution in [0.1, 0.15) is 32.8 Å². The maximum Gasteiger partial charge on any atom is 0.416 e. The highest BCUT2D eigenvalue weighted by Crippen LogP contribution is 2.43. The topological polar surface area (TPSA) is 73.0 Å². The van der Waals surface area contributed by atoms with Crippen LogP contribution in [0.5, 0.6) is 0 Å². The standard InChI is InChI=1S/C19H21F3N4O3/c1-18(2,3)23-16(28)24-9-12-8-13(24)14-15(27)26(17(29)25(12)14)11-6-4-5-10(7-11)19(20,21)22/h4-7,12-14H,8-9H2,1-3H3,(H,23,28)/t12?,13?,14-/m1/s1. The van der Waals surface area contributed by atoms with Crippen molar-refractivity contribution in [1.82, 2.24) is 15.1 Å². The number of anilines is 1. The van der Waals surface area contributed by atoms with Crippen LogP contribution in [-0.2, 0) is 11.0 Å². The minimum Gasteiger partial charge on any atom is -0.333 e. The molecule has 0 aromatic heterocycles. The van der Waals surface area contributed by atoms with E-state index in [4.69, 9.17) is 0 Å². The molecule has 1 aromatic carbocycles. The third kappa shape index (κ3) is 3.10. The van der Waals surface area contributed by atoms with Gasteiger partial charge >= 0.3 is 18.2 Å². The number of carbonyl (C=O) groups excluding carboxylic acids is 3. The van der Waals surface area contributed by atoms with E-state index in [1.54, 1.807) is 4.90 Å². The molecule has 156 valence electrons. The lowest BCUT2D eigenvalue weighted by Crippen LogP contribution is -2.59. The molecular formula is C19H21F3N4O3. The van der Waals surface area contributed by atoms with Crippen molar-refractivity contribution >= 4 is 23.7 Å². The number of benzene rings is 1. The zero-order chi connectivity index (χ0) is 21.3. The highest BCUT2D eigenvalue weighted by molar-refractivity contribution is 6.22. The summed E-state index contributed by atoms with van der Waals surface area (Å²) in [4.78, 5) is 42.3. The van der Waals surface area contributed by atoms with Gasteiger partial charge in [0.05, 0.1) is 23.3 Å². The number of nitrogens with zero attached hydrogens (tertiary/aromatic N) is 3. The zero-order valence-electron chi connectivity index (χ0n) is 16.2. The smallest absolute Gasteiger partial charge is 0.333 e. The van der Waals surface area contributed by atoms with Crippen molar-refractivity contribution in [2.75, 3.05) is 11.4 Å². The average molecular weight is 410 g/mol. The Morgan fingerprint density at radius 2 is 1.86 bits per heavy atom. The Morgan fingerprint density at radius 1 is 1.17 bits per heavy atom. The number of imide groups is 1. The van der Waals surface area contributed by atoms with E-state index in [1.807, 2.05) is 20.8 Å². The molecule has 5 amide bonds. The molecule has 3 aliphatic heterocycles. The van der Waals surface area contributed by atoms with Gasteiger partial charge in [0, 0.05) is 12.1 Å². The van der Waals surface area contributed by atoms with Crippen molar-refractivity contribution in [3.63, 3.8) is 0 Å². The Kier molecular flexibility index (Phi) is 4.11. The number of rotatable bonds is 1. The number of halogens is 3. The minimum atomic E-state index is -4.58. The van der Waals surface area contributed by atoms with Gasteiger partial charge in [-0.05, 0) is 45.4 Å². The van der Waals surface area contributed by atoms with Crippen molar-refractivity contribution in [3.05, 3.63) is 29.8 Å². The minimum absolute atomic E-state index is 0.116.